The van der Waals surface area contributed by atoms with Crippen LogP contribution < -0.4 is 0 Å². The van der Waals surface area contributed by atoms with Gasteiger partial charge in [0.2, 0.25) is 0 Å². The Balaban J connectivity index is 1.92. The Morgan fingerprint density at radius 2 is 2.10 bits per heavy atom. The highest BCUT2D eigenvalue weighted by Gasteiger charge is 2.67. The van der Waals surface area contributed by atoms with Crippen LogP contribution in [0.25, 0.3) is 0 Å². The summed E-state index contributed by atoms with van der Waals surface area (Å²) in [5.41, 5.74) is -0.365. The van der Waals surface area contributed by atoms with Gasteiger partial charge in [-0.25, -0.2) is 0 Å². The lowest BCUT2D eigenvalue weighted by molar-refractivity contribution is -0.154. The molecular weight excluding hydrogens is 272 g/mol. The standard InChI is InChI=1S/C16H18O5/c1-15-4-3-11(17)16(2)9-6-12(18)20-7-8(9)5-10(13(15)16)21-14(15)19/h3-5,9-11,13,17H,6-7H2,1-2H3/t9-,10-,11-,13+,15+,16+/m1/s1. The first-order chi connectivity index (χ1) is 9.87. The van der Waals surface area contributed by atoms with Gasteiger partial charge in [-0.15, -0.1) is 0 Å². The highest BCUT2D eigenvalue weighted by molar-refractivity contribution is 5.83. The Kier molecular flexibility index (Phi) is 2.35. The zero-order valence-corrected chi connectivity index (χ0v) is 12.0. The fourth-order valence-corrected chi connectivity index (χ4v) is 4.81. The van der Waals surface area contributed by atoms with E-state index in [1.807, 2.05) is 19.9 Å². The van der Waals surface area contributed by atoms with Gasteiger partial charge >= 0.3 is 11.9 Å². The van der Waals surface area contributed by atoms with E-state index < -0.39 is 16.9 Å². The third-order valence-corrected chi connectivity index (χ3v) is 5.94. The molecule has 0 bridgehead atoms. The smallest absolute Gasteiger partial charge is 0.316 e. The van der Waals surface area contributed by atoms with Gasteiger partial charge in [-0.2, -0.15) is 0 Å². The molecule has 0 spiro atoms. The molecular formula is C16H18O5. The molecule has 21 heavy (non-hydrogen) atoms. The molecule has 4 aliphatic rings. The summed E-state index contributed by atoms with van der Waals surface area (Å²) in [6.45, 7) is 4.06. The first-order valence-corrected chi connectivity index (χ1v) is 7.32. The number of hydrogen-bond donors (Lipinski definition) is 1. The van der Waals surface area contributed by atoms with Crippen LogP contribution in [0.2, 0.25) is 0 Å². The Morgan fingerprint density at radius 1 is 1.33 bits per heavy atom. The summed E-state index contributed by atoms with van der Waals surface area (Å²) < 4.78 is 10.7. The van der Waals surface area contributed by atoms with E-state index in [-0.39, 0.29) is 42.9 Å². The second-order valence-corrected chi connectivity index (χ2v) is 6.96. The third kappa shape index (κ3) is 1.40. The summed E-state index contributed by atoms with van der Waals surface area (Å²) in [6.07, 6.45) is 4.58. The first-order valence-electron chi connectivity index (χ1n) is 7.32. The number of carbonyl (C=O) groups is 2. The Morgan fingerprint density at radius 3 is 2.86 bits per heavy atom. The van der Waals surface area contributed by atoms with Crippen molar-refractivity contribution in [1.29, 1.82) is 0 Å². The van der Waals surface area contributed by atoms with Gasteiger partial charge in [0.05, 0.1) is 17.9 Å². The zero-order chi connectivity index (χ0) is 15.0. The molecule has 2 saturated heterocycles. The predicted molar refractivity (Wildman–Crippen MR) is 71.9 cm³/mol. The summed E-state index contributed by atoms with van der Waals surface area (Å²) in [5.74, 6) is -0.758. The number of hydrogen-bond acceptors (Lipinski definition) is 5. The van der Waals surface area contributed by atoms with E-state index in [0.29, 0.717) is 0 Å². The number of fused-ring (bicyclic) bond motifs is 2. The molecule has 5 heteroatoms. The van der Waals surface area contributed by atoms with E-state index in [4.69, 9.17) is 9.47 Å². The molecule has 0 aromatic heterocycles. The molecule has 1 N–H and O–H groups in total. The minimum absolute atomic E-state index is 0.103. The second-order valence-electron chi connectivity index (χ2n) is 6.96. The van der Waals surface area contributed by atoms with Crippen LogP contribution in [0.1, 0.15) is 20.3 Å². The molecule has 0 unspecified atom stereocenters. The number of esters is 2. The van der Waals surface area contributed by atoms with E-state index in [0.717, 1.165) is 5.57 Å². The average Bonchev–Trinajstić information content (AvgIpc) is 2.69. The second kappa shape index (κ2) is 3.77. The van der Waals surface area contributed by atoms with Crippen LogP contribution in [0, 0.1) is 22.7 Å². The molecule has 0 amide bonds. The van der Waals surface area contributed by atoms with Crippen LogP contribution in [-0.4, -0.2) is 35.9 Å². The maximum absolute atomic E-state index is 12.3. The molecule has 2 heterocycles. The predicted octanol–water partition coefficient (Wildman–Crippen LogP) is 0.974. The van der Waals surface area contributed by atoms with Crippen molar-refractivity contribution in [2.45, 2.75) is 32.5 Å². The van der Waals surface area contributed by atoms with Crippen LogP contribution in [0.5, 0.6) is 0 Å². The Hall–Kier alpha value is -1.62. The van der Waals surface area contributed by atoms with E-state index in [9.17, 15) is 14.7 Å². The van der Waals surface area contributed by atoms with E-state index in [2.05, 4.69) is 0 Å². The molecule has 5 nitrogen and oxygen atoms in total. The Bertz CT molecular complexity index is 606. The minimum atomic E-state index is -0.734. The molecule has 4 rings (SSSR count). The number of rotatable bonds is 0. The van der Waals surface area contributed by atoms with Crippen LogP contribution >= 0.6 is 0 Å². The van der Waals surface area contributed by atoms with Gasteiger partial charge in [-0.1, -0.05) is 19.1 Å². The lowest BCUT2D eigenvalue weighted by Crippen LogP contribution is -2.58. The molecule has 2 fully saturated rings. The SMILES string of the molecule is C[C@@]12[C@H](O)C=C[C@]3(C)C(=O)O[C@H](C=C4COC(=O)C[C@H]41)[C@H]23. The lowest BCUT2D eigenvalue weighted by Gasteiger charge is -2.54. The van der Waals surface area contributed by atoms with Gasteiger partial charge in [-0.05, 0) is 18.6 Å². The van der Waals surface area contributed by atoms with Crippen molar-refractivity contribution in [2.24, 2.45) is 22.7 Å². The summed E-state index contributed by atoms with van der Waals surface area (Å²) in [7, 11) is 0. The highest BCUT2D eigenvalue weighted by atomic mass is 16.6. The molecule has 112 valence electrons. The normalized spacial score (nSPS) is 50.7. The number of ether oxygens (including phenoxy) is 2. The van der Waals surface area contributed by atoms with Crippen LogP contribution in [0.15, 0.2) is 23.8 Å². The number of aliphatic hydroxyl groups excluding tert-OH is 1. The minimum Gasteiger partial charge on any atom is -0.461 e. The van der Waals surface area contributed by atoms with Crippen LogP contribution in [-0.2, 0) is 19.1 Å². The van der Waals surface area contributed by atoms with Gasteiger partial charge in [0.25, 0.3) is 0 Å². The van der Waals surface area contributed by atoms with Crippen molar-refractivity contribution in [3.63, 3.8) is 0 Å². The van der Waals surface area contributed by atoms with E-state index in [1.165, 1.54) is 0 Å². The summed E-state index contributed by atoms with van der Waals surface area (Å²) in [6, 6.07) is 0. The summed E-state index contributed by atoms with van der Waals surface area (Å²) in [5, 5.41) is 10.6. The lowest BCUT2D eigenvalue weighted by atomic mass is 9.48. The number of cyclic esters (lactones) is 1. The highest BCUT2D eigenvalue weighted by Crippen LogP contribution is 2.62. The molecule has 2 aliphatic heterocycles. The summed E-state index contributed by atoms with van der Waals surface area (Å²) >= 11 is 0. The molecule has 2 aliphatic carbocycles. The van der Waals surface area contributed by atoms with Gasteiger partial charge < -0.3 is 14.6 Å². The van der Waals surface area contributed by atoms with Crippen molar-refractivity contribution < 1.29 is 24.2 Å². The fourth-order valence-electron chi connectivity index (χ4n) is 4.81. The maximum atomic E-state index is 12.3. The van der Waals surface area contributed by atoms with Gasteiger partial charge in [0, 0.05) is 17.3 Å². The van der Waals surface area contributed by atoms with Gasteiger partial charge in [0.1, 0.15) is 12.7 Å². The van der Waals surface area contributed by atoms with Crippen molar-refractivity contribution in [1.82, 2.24) is 0 Å². The topological polar surface area (TPSA) is 72.8 Å². The molecule has 0 saturated carbocycles. The van der Waals surface area contributed by atoms with Crippen molar-refractivity contribution in [3.8, 4) is 0 Å². The van der Waals surface area contributed by atoms with Crippen molar-refractivity contribution >= 4 is 11.9 Å². The van der Waals surface area contributed by atoms with Gasteiger partial charge in [-0.3, -0.25) is 9.59 Å². The number of aliphatic hydroxyl groups is 1. The van der Waals surface area contributed by atoms with Crippen LogP contribution in [0.3, 0.4) is 0 Å². The first kappa shape index (κ1) is 13.1. The molecule has 0 radical (unpaired) electrons. The average molecular weight is 290 g/mol. The van der Waals surface area contributed by atoms with Crippen molar-refractivity contribution in [2.75, 3.05) is 6.61 Å². The molecule has 0 aromatic rings. The number of carbonyl (C=O) groups excluding carboxylic acids is 2. The Labute approximate surface area is 122 Å². The van der Waals surface area contributed by atoms with Crippen molar-refractivity contribution in [3.05, 3.63) is 23.8 Å². The monoisotopic (exact) mass is 290 g/mol. The maximum Gasteiger partial charge on any atom is 0.316 e. The largest absolute Gasteiger partial charge is 0.461 e. The van der Waals surface area contributed by atoms with Crippen LogP contribution in [0.4, 0.5) is 0 Å². The third-order valence-electron chi connectivity index (χ3n) is 5.94. The van der Waals surface area contributed by atoms with E-state index >= 15 is 0 Å². The fraction of sp³-hybridized carbons (Fsp3) is 0.625. The molecule has 0 aromatic carbocycles. The summed E-state index contributed by atoms with van der Waals surface area (Å²) in [4.78, 5) is 24.0. The zero-order valence-electron chi connectivity index (χ0n) is 12.0. The van der Waals surface area contributed by atoms with E-state index in [1.54, 1.807) is 12.2 Å². The van der Waals surface area contributed by atoms with Gasteiger partial charge in [0.15, 0.2) is 0 Å². The quantitative estimate of drug-likeness (QED) is 0.532. The molecule has 6 atom stereocenters.